The standard InChI is InChI=1S/C19H19NO3S/c1-11-6-7-16-12(8-11)9-17(24-16)18(21)20-10-14(19(22)23)13-4-2-3-5-15(13)20/h2-5,9,11,14H,6-8,10H2,1H3,(H,22,23). The van der Waals surface area contributed by atoms with Crippen LogP contribution in [0.25, 0.3) is 0 Å². The van der Waals surface area contributed by atoms with Gasteiger partial charge in [0, 0.05) is 17.1 Å². The van der Waals surface area contributed by atoms with E-state index in [2.05, 4.69) is 6.92 Å². The van der Waals surface area contributed by atoms with Gasteiger partial charge in [-0.05, 0) is 48.4 Å². The highest BCUT2D eigenvalue weighted by Gasteiger charge is 2.37. The Morgan fingerprint density at radius 3 is 2.88 bits per heavy atom. The Bertz CT molecular complexity index is 826. The molecule has 4 nitrogen and oxygen atoms in total. The number of anilines is 1. The molecule has 5 heteroatoms. The molecule has 124 valence electrons. The molecule has 0 saturated carbocycles. The molecule has 0 spiro atoms. The molecule has 0 fully saturated rings. The third kappa shape index (κ3) is 2.44. The molecule has 1 aliphatic heterocycles. The number of rotatable bonds is 2. The van der Waals surface area contributed by atoms with Gasteiger partial charge in [0.05, 0.1) is 4.88 Å². The van der Waals surface area contributed by atoms with Gasteiger partial charge in [-0.3, -0.25) is 9.59 Å². The molecule has 1 N–H and O–H groups in total. The first kappa shape index (κ1) is 15.4. The van der Waals surface area contributed by atoms with Gasteiger partial charge in [0.1, 0.15) is 5.92 Å². The van der Waals surface area contributed by atoms with Crippen molar-refractivity contribution in [2.24, 2.45) is 5.92 Å². The summed E-state index contributed by atoms with van der Waals surface area (Å²) >= 11 is 1.58. The first-order valence-corrected chi connectivity index (χ1v) is 9.11. The summed E-state index contributed by atoms with van der Waals surface area (Å²) in [5.41, 5.74) is 2.76. The summed E-state index contributed by atoms with van der Waals surface area (Å²) < 4.78 is 0. The van der Waals surface area contributed by atoms with Crippen molar-refractivity contribution in [1.29, 1.82) is 0 Å². The molecule has 2 atom stereocenters. The number of nitrogens with zero attached hydrogens (tertiary/aromatic N) is 1. The van der Waals surface area contributed by atoms with Crippen LogP contribution in [0.5, 0.6) is 0 Å². The number of benzene rings is 1. The number of carbonyl (C=O) groups excluding carboxylic acids is 1. The van der Waals surface area contributed by atoms with Crippen LogP contribution >= 0.6 is 11.3 Å². The lowest BCUT2D eigenvalue weighted by Gasteiger charge is -2.16. The smallest absolute Gasteiger partial charge is 0.312 e. The Morgan fingerprint density at radius 2 is 2.08 bits per heavy atom. The van der Waals surface area contributed by atoms with Crippen LogP contribution in [0, 0.1) is 5.92 Å². The van der Waals surface area contributed by atoms with Crippen LogP contribution in [-0.4, -0.2) is 23.5 Å². The van der Waals surface area contributed by atoms with Gasteiger partial charge in [0.25, 0.3) is 5.91 Å². The van der Waals surface area contributed by atoms with Crippen molar-refractivity contribution in [3.63, 3.8) is 0 Å². The second-order valence-corrected chi connectivity index (χ2v) is 7.91. The van der Waals surface area contributed by atoms with Gasteiger partial charge in [-0.2, -0.15) is 0 Å². The molecule has 4 rings (SSSR count). The van der Waals surface area contributed by atoms with E-state index >= 15 is 0 Å². The van der Waals surface area contributed by atoms with Crippen LogP contribution in [-0.2, 0) is 17.6 Å². The predicted molar refractivity (Wildman–Crippen MR) is 94.0 cm³/mol. The summed E-state index contributed by atoms with van der Waals surface area (Å²) in [6, 6.07) is 9.35. The fourth-order valence-corrected chi connectivity index (χ4v) is 4.91. The number of thiophene rings is 1. The third-order valence-corrected chi connectivity index (χ3v) is 6.28. The zero-order valence-electron chi connectivity index (χ0n) is 13.5. The molecule has 1 amide bonds. The predicted octanol–water partition coefficient (Wildman–Crippen LogP) is 3.70. The molecule has 0 bridgehead atoms. The zero-order valence-corrected chi connectivity index (χ0v) is 14.3. The maximum Gasteiger partial charge on any atom is 0.312 e. The minimum atomic E-state index is -0.878. The number of hydrogen-bond donors (Lipinski definition) is 1. The molecule has 2 aromatic rings. The highest BCUT2D eigenvalue weighted by Crippen LogP contribution is 2.39. The van der Waals surface area contributed by atoms with Crippen LogP contribution in [0.2, 0.25) is 0 Å². The molecule has 0 saturated heterocycles. The Kier molecular flexibility index (Phi) is 3.68. The SMILES string of the molecule is CC1CCc2sc(C(=O)N3CC(C(=O)O)c4ccccc43)cc2C1. The lowest BCUT2D eigenvalue weighted by atomic mass is 9.90. The topological polar surface area (TPSA) is 57.6 Å². The number of fused-ring (bicyclic) bond motifs is 2. The van der Waals surface area contributed by atoms with Crippen molar-refractivity contribution in [2.75, 3.05) is 11.4 Å². The molecule has 0 radical (unpaired) electrons. The fourth-order valence-electron chi connectivity index (χ4n) is 3.75. The molecular formula is C19H19NO3S. The van der Waals surface area contributed by atoms with Crippen molar-refractivity contribution in [3.05, 3.63) is 51.2 Å². The Hall–Kier alpha value is -2.14. The van der Waals surface area contributed by atoms with Gasteiger partial charge >= 0.3 is 5.97 Å². The normalized spacial score (nSPS) is 22.1. The molecule has 24 heavy (non-hydrogen) atoms. The van der Waals surface area contributed by atoms with E-state index in [0.717, 1.165) is 29.0 Å². The van der Waals surface area contributed by atoms with E-state index in [4.69, 9.17) is 0 Å². The van der Waals surface area contributed by atoms with Crippen molar-refractivity contribution >= 4 is 28.9 Å². The Morgan fingerprint density at radius 1 is 1.29 bits per heavy atom. The highest BCUT2D eigenvalue weighted by atomic mass is 32.1. The second kappa shape index (κ2) is 5.74. The third-order valence-electron chi connectivity index (χ3n) is 5.05. The van der Waals surface area contributed by atoms with Crippen LogP contribution < -0.4 is 4.90 Å². The monoisotopic (exact) mass is 341 g/mol. The number of aliphatic carboxylic acids is 1. The van der Waals surface area contributed by atoms with E-state index in [1.807, 2.05) is 30.3 Å². The average molecular weight is 341 g/mol. The van der Waals surface area contributed by atoms with Crippen molar-refractivity contribution < 1.29 is 14.7 Å². The van der Waals surface area contributed by atoms with E-state index in [-0.39, 0.29) is 12.5 Å². The van der Waals surface area contributed by atoms with Crippen molar-refractivity contribution in [3.8, 4) is 0 Å². The molecular weight excluding hydrogens is 322 g/mol. The number of carboxylic acids is 1. The minimum Gasteiger partial charge on any atom is -0.481 e. The summed E-state index contributed by atoms with van der Waals surface area (Å²) in [5, 5.41) is 9.46. The maximum atomic E-state index is 13.0. The van der Waals surface area contributed by atoms with Crippen LogP contribution in [0.15, 0.2) is 30.3 Å². The summed E-state index contributed by atoms with van der Waals surface area (Å²) in [6.07, 6.45) is 3.25. The quantitative estimate of drug-likeness (QED) is 0.906. The average Bonchev–Trinajstić information content (AvgIpc) is 3.15. The van der Waals surface area contributed by atoms with E-state index < -0.39 is 11.9 Å². The Labute approximate surface area is 144 Å². The van der Waals surface area contributed by atoms with Crippen LogP contribution in [0.1, 0.15) is 44.9 Å². The zero-order chi connectivity index (χ0) is 16.8. The van der Waals surface area contributed by atoms with Crippen molar-refractivity contribution in [2.45, 2.75) is 32.1 Å². The lowest BCUT2D eigenvalue weighted by molar-refractivity contribution is -0.138. The van der Waals surface area contributed by atoms with E-state index in [9.17, 15) is 14.7 Å². The van der Waals surface area contributed by atoms with E-state index in [0.29, 0.717) is 5.92 Å². The van der Waals surface area contributed by atoms with E-state index in [1.54, 1.807) is 16.2 Å². The van der Waals surface area contributed by atoms with Gasteiger partial charge < -0.3 is 10.0 Å². The first-order chi connectivity index (χ1) is 11.5. The molecule has 2 aliphatic rings. The number of carbonyl (C=O) groups is 2. The van der Waals surface area contributed by atoms with E-state index in [1.165, 1.54) is 16.9 Å². The molecule has 1 aliphatic carbocycles. The van der Waals surface area contributed by atoms with Crippen LogP contribution in [0.3, 0.4) is 0 Å². The number of carboxylic acid groups (broad SMARTS) is 1. The maximum absolute atomic E-state index is 13.0. The summed E-state index contributed by atoms with van der Waals surface area (Å²) in [7, 11) is 0. The van der Waals surface area contributed by atoms with Gasteiger partial charge in [0.2, 0.25) is 0 Å². The summed E-state index contributed by atoms with van der Waals surface area (Å²) in [4.78, 5) is 28.2. The van der Waals surface area contributed by atoms with Crippen LogP contribution in [0.4, 0.5) is 5.69 Å². The minimum absolute atomic E-state index is 0.0711. The first-order valence-electron chi connectivity index (χ1n) is 8.29. The summed E-state index contributed by atoms with van der Waals surface area (Å²) in [6.45, 7) is 2.46. The van der Waals surface area contributed by atoms with Gasteiger partial charge in [-0.1, -0.05) is 25.1 Å². The highest BCUT2D eigenvalue weighted by molar-refractivity contribution is 7.14. The summed E-state index contributed by atoms with van der Waals surface area (Å²) in [5.74, 6) is -0.922. The molecule has 1 aromatic heterocycles. The van der Waals surface area contributed by atoms with Gasteiger partial charge in [0.15, 0.2) is 0 Å². The number of aryl methyl sites for hydroxylation is 1. The largest absolute Gasteiger partial charge is 0.481 e. The van der Waals surface area contributed by atoms with Gasteiger partial charge in [-0.15, -0.1) is 11.3 Å². The number of para-hydroxylation sites is 1. The van der Waals surface area contributed by atoms with Crippen molar-refractivity contribution in [1.82, 2.24) is 0 Å². The molecule has 2 unspecified atom stereocenters. The number of hydrogen-bond acceptors (Lipinski definition) is 3. The molecule has 1 aromatic carbocycles. The molecule has 2 heterocycles. The van der Waals surface area contributed by atoms with Gasteiger partial charge in [-0.25, -0.2) is 0 Å². The number of amides is 1. The lowest BCUT2D eigenvalue weighted by Crippen LogP contribution is -2.30. The Balaban J connectivity index is 1.67. The fraction of sp³-hybridized carbons (Fsp3) is 0.368. The second-order valence-electron chi connectivity index (χ2n) is 6.77.